The molecule has 218 valence electrons. The van der Waals surface area contributed by atoms with Crippen LogP contribution in [0.25, 0.3) is 22.2 Å². The van der Waals surface area contributed by atoms with E-state index in [1.165, 1.54) is 5.56 Å². The molecule has 4 atom stereocenters. The number of nitrogens with one attached hydrogen (secondary N) is 3. The summed E-state index contributed by atoms with van der Waals surface area (Å²) >= 11 is 0. The molecule has 0 radical (unpaired) electrons. The predicted molar refractivity (Wildman–Crippen MR) is 160 cm³/mol. The highest BCUT2D eigenvalue weighted by Gasteiger charge is 2.44. The number of benzene rings is 2. The van der Waals surface area contributed by atoms with E-state index in [2.05, 4.69) is 52.9 Å². The lowest BCUT2D eigenvalue weighted by molar-refractivity contribution is -0.144. The quantitative estimate of drug-likeness (QED) is 0.407. The van der Waals surface area contributed by atoms with E-state index in [-0.39, 0.29) is 42.3 Å². The zero-order chi connectivity index (χ0) is 29.3. The van der Waals surface area contributed by atoms with Crippen molar-refractivity contribution >= 4 is 28.8 Å². The molecule has 2 saturated heterocycles. The molecule has 0 aliphatic carbocycles. The molecule has 3 N–H and O–H groups in total. The van der Waals surface area contributed by atoms with Gasteiger partial charge in [-0.3, -0.25) is 14.4 Å². The fourth-order valence-electron chi connectivity index (χ4n) is 6.06. The smallest absolute Gasteiger partial charge is 0.247 e. The van der Waals surface area contributed by atoms with Crippen LogP contribution in [0.2, 0.25) is 0 Å². The van der Waals surface area contributed by atoms with Gasteiger partial charge in [0.15, 0.2) is 0 Å². The van der Waals surface area contributed by atoms with Crippen molar-refractivity contribution in [3.05, 3.63) is 53.9 Å². The van der Waals surface area contributed by atoms with Gasteiger partial charge in [0.05, 0.1) is 23.1 Å². The number of aromatic amines is 1. The summed E-state index contributed by atoms with van der Waals surface area (Å²) in [5.41, 5.74) is 5.15. The number of fused-ring (bicyclic) bond motifs is 2. The molecular weight excluding hydrogens is 516 g/mol. The Morgan fingerprint density at radius 2 is 1.83 bits per heavy atom. The van der Waals surface area contributed by atoms with Gasteiger partial charge in [0.25, 0.3) is 0 Å². The van der Waals surface area contributed by atoms with Gasteiger partial charge < -0.3 is 25.4 Å². The van der Waals surface area contributed by atoms with Gasteiger partial charge >= 0.3 is 0 Å². The predicted octanol–water partition coefficient (Wildman–Crippen LogP) is 3.94. The van der Waals surface area contributed by atoms with Crippen molar-refractivity contribution in [2.75, 3.05) is 20.1 Å². The highest BCUT2D eigenvalue weighted by Crippen LogP contribution is 2.39. The Hall–Kier alpha value is -3.72. The van der Waals surface area contributed by atoms with E-state index in [0.29, 0.717) is 19.4 Å². The lowest BCUT2D eigenvalue weighted by Crippen LogP contribution is -2.60. The maximum Gasteiger partial charge on any atom is 0.247 e. The summed E-state index contributed by atoms with van der Waals surface area (Å²) in [6, 6.07) is 13.0. The number of hydrogen-bond acceptors (Lipinski definition) is 5. The average molecular weight is 559 g/mol. The fourth-order valence-corrected chi connectivity index (χ4v) is 6.06. The second-order valence-corrected chi connectivity index (χ2v) is 12.0. The Labute approximate surface area is 242 Å². The standard InChI is InChI=1S/C32H42N6O3/c1-19(2)17-28(39)37-16-15-23-13-14-27(38(23)32(41)26(18-37)35-31(40)21(4)33-5)30-34-25-8-6-7-24(29(25)36-30)22-11-9-20(3)10-12-22/h6-12,19,21,23,26-27,33H,13-18H2,1-5H3,(H,34,36)(H,35,40)/t21-,23+,26-,27-/m0/s1. The normalized spacial score (nSPS) is 22.0. The van der Waals surface area contributed by atoms with E-state index in [0.717, 1.165) is 40.8 Å². The Kier molecular flexibility index (Phi) is 8.45. The molecule has 3 heterocycles. The van der Waals surface area contributed by atoms with E-state index in [9.17, 15) is 14.4 Å². The van der Waals surface area contributed by atoms with Crippen molar-refractivity contribution in [3.8, 4) is 11.1 Å². The molecule has 2 aliphatic rings. The van der Waals surface area contributed by atoms with Gasteiger partial charge in [-0.05, 0) is 57.7 Å². The maximum atomic E-state index is 14.2. The van der Waals surface area contributed by atoms with Gasteiger partial charge in [0.2, 0.25) is 17.7 Å². The molecule has 2 fully saturated rings. The van der Waals surface area contributed by atoms with Crippen LogP contribution < -0.4 is 10.6 Å². The van der Waals surface area contributed by atoms with Crippen LogP contribution in [-0.4, -0.2) is 75.8 Å². The van der Waals surface area contributed by atoms with Crippen molar-refractivity contribution in [2.45, 2.75) is 77.5 Å². The lowest BCUT2D eigenvalue weighted by atomic mass is 10.0. The van der Waals surface area contributed by atoms with Crippen molar-refractivity contribution in [3.63, 3.8) is 0 Å². The number of nitrogens with zero attached hydrogens (tertiary/aromatic N) is 3. The van der Waals surface area contributed by atoms with Crippen LogP contribution in [0.4, 0.5) is 0 Å². The van der Waals surface area contributed by atoms with Crippen molar-refractivity contribution in [1.29, 1.82) is 0 Å². The number of rotatable bonds is 7. The molecule has 2 aromatic carbocycles. The molecule has 0 bridgehead atoms. The molecule has 1 aromatic heterocycles. The molecule has 2 aliphatic heterocycles. The molecule has 9 nitrogen and oxygen atoms in total. The number of aryl methyl sites for hydroxylation is 1. The number of hydrogen-bond donors (Lipinski definition) is 3. The topological polar surface area (TPSA) is 110 Å². The Balaban J connectivity index is 1.47. The number of H-pyrrole nitrogens is 1. The van der Waals surface area contributed by atoms with Gasteiger partial charge in [0.1, 0.15) is 11.9 Å². The summed E-state index contributed by atoms with van der Waals surface area (Å²) < 4.78 is 0. The summed E-state index contributed by atoms with van der Waals surface area (Å²) in [5, 5.41) is 5.90. The van der Waals surface area contributed by atoms with Crippen LogP contribution in [0.3, 0.4) is 0 Å². The van der Waals surface area contributed by atoms with Gasteiger partial charge in [-0.15, -0.1) is 0 Å². The van der Waals surface area contributed by atoms with Crippen LogP contribution in [-0.2, 0) is 14.4 Å². The SMILES string of the molecule is CN[C@@H](C)C(=O)N[C@H]1CN(C(=O)CC(C)C)CC[C@H]2CC[C@@H](c3nc4c(-c5ccc(C)cc5)cccc4[nH]3)N2C1=O. The van der Waals surface area contributed by atoms with Gasteiger partial charge in [-0.2, -0.15) is 0 Å². The van der Waals surface area contributed by atoms with E-state index in [4.69, 9.17) is 4.98 Å². The Morgan fingerprint density at radius 1 is 1.07 bits per heavy atom. The van der Waals surface area contributed by atoms with E-state index in [1.54, 1.807) is 18.9 Å². The van der Waals surface area contributed by atoms with Crippen LogP contribution >= 0.6 is 0 Å². The van der Waals surface area contributed by atoms with E-state index < -0.39 is 12.1 Å². The minimum atomic E-state index is -0.828. The zero-order valence-electron chi connectivity index (χ0n) is 24.7. The summed E-state index contributed by atoms with van der Waals surface area (Å²) in [5.74, 6) is 0.582. The third kappa shape index (κ3) is 6.00. The number of likely N-dealkylation sites (N-methyl/N-ethyl adjacent to an activating group) is 1. The first kappa shape index (κ1) is 28.8. The van der Waals surface area contributed by atoms with Gasteiger partial charge in [0, 0.05) is 31.1 Å². The van der Waals surface area contributed by atoms with Gasteiger partial charge in [-0.1, -0.05) is 55.8 Å². The third-order valence-corrected chi connectivity index (χ3v) is 8.48. The minimum Gasteiger partial charge on any atom is -0.341 e. The largest absolute Gasteiger partial charge is 0.341 e. The molecule has 41 heavy (non-hydrogen) atoms. The number of para-hydroxylation sites is 1. The Bertz CT molecular complexity index is 1410. The van der Waals surface area contributed by atoms with Crippen LogP contribution in [0, 0.1) is 12.8 Å². The molecule has 0 spiro atoms. The number of carbonyl (C=O) groups is 3. The number of amides is 3. The highest BCUT2D eigenvalue weighted by molar-refractivity contribution is 5.93. The van der Waals surface area contributed by atoms with Crippen LogP contribution in [0.15, 0.2) is 42.5 Å². The lowest BCUT2D eigenvalue weighted by Gasteiger charge is -2.39. The van der Waals surface area contributed by atoms with E-state index >= 15 is 0 Å². The van der Waals surface area contributed by atoms with Crippen molar-refractivity contribution in [2.24, 2.45) is 5.92 Å². The minimum absolute atomic E-state index is 0.0256. The maximum absolute atomic E-state index is 14.2. The monoisotopic (exact) mass is 558 g/mol. The molecular formula is C32H42N6O3. The van der Waals surface area contributed by atoms with Gasteiger partial charge in [-0.25, -0.2) is 4.98 Å². The molecule has 9 heteroatoms. The molecule has 0 saturated carbocycles. The first-order valence-electron chi connectivity index (χ1n) is 14.8. The van der Waals surface area contributed by atoms with E-state index in [1.807, 2.05) is 30.9 Å². The summed E-state index contributed by atoms with van der Waals surface area (Å²) in [6.45, 7) is 8.58. The third-order valence-electron chi connectivity index (χ3n) is 8.48. The fraction of sp³-hybridized carbons (Fsp3) is 0.500. The summed E-state index contributed by atoms with van der Waals surface area (Å²) in [7, 11) is 1.71. The molecule has 0 unspecified atom stereocenters. The number of imidazole rings is 1. The van der Waals surface area contributed by atoms with Crippen molar-refractivity contribution < 1.29 is 14.4 Å². The summed E-state index contributed by atoms with van der Waals surface area (Å²) in [6.07, 6.45) is 2.71. The van der Waals surface area contributed by atoms with Crippen LogP contribution in [0.1, 0.15) is 63.9 Å². The second-order valence-electron chi connectivity index (χ2n) is 12.0. The number of aromatic nitrogens is 2. The zero-order valence-corrected chi connectivity index (χ0v) is 24.7. The average Bonchev–Trinajstić information content (AvgIpc) is 3.57. The first-order valence-corrected chi connectivity index (χ1v) is 14.8. The Morgan fingerprint density at radius 3 is 2.54 bits per heavy atom. The molecule has 3 amide bonds. The molecule has 5 rings (SSSR count). The second kappa shape index (κ2) is 12.0. The van der Waals surface area contributed by atoms with Crippen LogP contribution in [0.5, 0.6) is 0 Å². The highest BCUT2D eigenvalue weighted by atomic mass is 16.2. The first-order chi connectivity index (χ1) is 19.7. The van der Waals surface area contributed by atoms with Crippen molar-refractivity contribution in [1.82, 2.24) is 30.4 Å². The summed E-state index contributed by atoms with van der Waals surface area (Å²) in [4.78, 5) is 52.6. The number of carbonyl (C=O) groups excluding carboxylic acids is 3. The molecule has 3 aromatic rings.